The summed E-state index contributed by atoms with van der Waals surface area (Å²) < 4.78 is 1.99. The van der Waals surface area contributed by atoms with Crippen LogP contribution in [0, 0.1) is 0 Å². The van der Waals surface area contributed by atoms with Crippen molar-refractivity contribution in [2.24, 2.45) is 16.7 Å². The largest absolute Gasteiger partial charge is 0.382 e. The first-order valence-corrected chi connectivity index (χ1v) is 10.1. The summed E-state index contributed by atoms with van der Waals surface area (Å²) in [6.45, 7) is 9.27. The van der Waals surface area contributed by atoms with Gasteiger partial charge in [0.15, 0.2) is 0 Å². The molecule has 1 heterocycles. The molecular weight excluding hydrogens is 346 g/mol. The van der Waals surface area contributed by atoms with Gasteiger partial charge < -0.3 is 11.6 Å². The van der Waals surface area contributed by atoms with Crippen molar-refractivity contribution in [1.29, 1.82) is 0 Å². The van der Waals surface area contributed by atoms with Gasteiger partial charge in [-0.25, -0.2) is 0 Å². The number of hydrazone groups is 1. The number of hydrogen-bond donors (Lipinski definition) is 2. The lowest BCUT2D eigenvalue weighted by Gasteiger charge is -2.01. The van der Waals surface area contributed by atoms with Gasteiger partial charge in [-0.05, 0) is 44.2 Å². The molecule has 0 saturated heterocycles. The number of nitrogens with zero attached hydrogens (tertiary/aromatic N) is 3. The Kier molecular flexibility index (Phi) is 11.1. The predicted molar refractivity (Wildman–Crippen MR) is 121 cm³/mol. The highest BCUT2D eigenvalue weighted by atomic mass is 15.3. The van der Waals surface area contributed by atoms with Crippen molar-refractivity contribution in [3.8, 4) is 11.3 Å². The molecular formula is C23H35N5. The topological polar surface area (TPSA) is 82.2 Å². The maximum Gasteiger partial charge on any atom is 0.146 e. The molecule has 0 saturated carbocycles. The predicted octanol–water partition coefficient (Wildman–Crippen LogP) is 5.26. The van der Waals surface area contributed by atoms with E-state index in [9.17, 15) is 0 Å². The maximum absolute atomic E-state index is 5.59. The lowest BCUT2D eigenvalue weighted by molar-refractivity contribution is 0.604. The van der Waals surface area contributed by atoms with Crippen LogP contribution in [0.5, 0.6) is 0 Å². The van der Waals surface area contributed by atoms with Crippen molar-refractivity contribution < 1.29 is 0 Å². The Hall–Kier alpha value is -2.82. The summed E-state index contributed by atoms with van der Waals surface area (Å²) in [4.78, 5) is 0. The molecule has 1 aromatic carbocycles. The second kappa shape index (κ2) is 13.4. The Morgan fingerprint density at radius 3 is 2.46 bits per heavy atom. The van der Waals surface area contributed by atoms with Crippen LogP contribution in [0.15, 0.2) is 71.0 Å². The van der Waals surface area contributed by atoms with Gasteiger partial charge in [0, 0.05) is 18.3 Å². The minimum absolute atomic E-state index is 0.459. The van der Waals surface area contributed by atoms with E-state index in [4.69, 9.17) is 11.6 Å². The van der Waals surface area contributed by atoms with Crippen LogP contribution >= 0.6 is 0 Å². The van der Waals surface area contributed by atoms with E-state index in [1.54, 1.807) is 0 Å². The number of allylic oxidation sites excluding steroid dienone is 3. The first kappa shape index (κ1) is 23.2. The van der Waals surface area contributed by atoms with Crippen LogP contribution in [-0.2, 0) is 6.54 Å². The second-order valence-electron chi connectivity index (χ2n) is 6.40. The van der Waals surface area contributed by atoms with Crippen molar-refractivity contribution in [3.05, 3.63) is 65.9 Å². The van der Waals surface area contributed by atoms with Crippen LogP contribution in [0.3, 0.4) is 0 Å². The summed E-state index contributed by atoms with van der Waals surface area (Å²) in [5.74, 6) is 5.55. The molecule has 5 nitrogen and oxygen atoms in total. The Labute approximate surface area is 169 Å². The molecule has 0 atom stereocenters. The normalized spacial score (nSPS) is 13.8. The molecule has 1 aromatic heterocycles. The van der Waals surface area contributed by atoms with E-state index < -0.39 is 0 Å². The summed E-state index contributed by atoms with van der Waals surface area (Å²) >= 11 is 0. The van der Waals surface area contributed by atoms with Crippen LogP contribution in [-0.4, -0.2) is 15.6 Å². The Morgan fingerprint density at radius 2 is 1.82 bits per heavy atom. The highest BCUT2D eigenvalue weighted by molar-refractivity contribution is 5.97. The lowest BCUT2D eigenvalue weighted by atomic mass is 10.1. The van der Waals surface area contributed by atoms with Gasteiger partial charge in [0.2, 0.25) is 0 Å². The van der Waals surface area contributed by atoms with Gasteiger partial charge in [-0.3, -0.25) is 4.68 Å². The van der Waals surface area contributed by atoms with Crippen molar-refractivity contribution in [2.75, 3.05) is 0 Å². The molecule has 28 heavy (non-hydrogen) atoms. The van der Waals surface area contributed by atoms with Gasteiger partial charge in [0.25, 0.3) is 0 Å². The number of benzene rings is 1. The van der Waals surface area contributed by atoms with Gasteiger partial charge in [-0.2, -0.15) is 10.2 Å². The van der Waals surface area contributed by atoms with Crippen LogP contribution in [0.4, 0.5) is 0 Å². The van der Waals surface area contributed by atoms with Gasteiger partial charge in [-0.1, -0.05) is 68.8 Å². The number of rotatable bonds is 4. The molecule has 0 bridgehead atoms. The van der Waals surface area contributed by atoms with E-state index in [1.807, 2.05) is 49.0 Å². The molecule has 5 heteroatoms. The molecule has 4 N–H and O–H groups in total. The molecule has 0 unspecified atom stereocenters. The third kappa shape index (κ3) is 7.82. The minimum Gasteiger partial charge on any atom is -0.382 e. The fourth-order valence-electron chi connectivity index (χ4n) is 2.74. The number of nitrogens with two attached hydrogens (primary N) is 2. The lowest BCUT2D eigenvalue weighted by Crippen LogP contribution is -2.16. The summed E-state index contributed by atoms with van der Waals surface area (Å²) in [6.07, 6.45) is 10.5. The third-order valence-corrected chi connectivity index (χ3v) is 4.22. The van der Waals surface area contributed by atoms with Gasteiger partial charge in [0.1, 0.15) is 5.84 Å². The first-order valence-electron chi connectivity index (χ1n) is 10.1. The quantitative estimate of drug-likeness (QED) is 0.328. The Balaban J connectivity index is 0.000000260. The molecule has 0 aliphatic heterocycles. The average molecular weight is 382 g/mol. The number of aryl methyl sites for hydroxylation is 1. The molecule has 2 aromatic rings. The smallest absolute Gasteiger partial charge is 0.146 e. The zero-order valence-corrected chi connectivity index (χ0v) is 17.7. The zero-order valence-electron chi connectivity index (χ0n) is 17.7. The standard InChI is InChI=1S/C12H14N2.C9H15N3.C2H6/c1-2-9-14-10-8-12(13-14)11-6-4-3-5-7-11;1-7-3-2-4-8(6-5-7)9(10)12-11;1-2/h3-8,10H,2,9H2,1H3;5-6H,2-4,11H2,1H3,(H2,10,12);1-2H3. The van der Waals surface area contributed by atoms with Crippen LogP contribution in [0.1, 0.15) is 53.4 Å². The molecule has 1 aliphatic carbocycles. The molecule has 1 aliphatic rings. The molecule has 0 fully saturated rings. The maximum atomic E-state index is 5.59. The van der Waals surface area contributed by atoms with Gasteiger partial charge in [-0.15, -0.1) is 0 Å². The third-order valence-electron chi connectivity index (χ3n) is 4.22. The minimum atomic E-state index is 0.459. The van der Waals surface area contributed by atoms with E-state index in [2.05, 4.69) is 48.3 Å². The van der Waals surface area contributed by atoms with Crippen molar-refractivity contribution in [2.45, 2.75) is 59.9 Å². The summed E-state index contributed by atoms with van der Waals surface area (Å²) in [5.41, 5.74) is 10.3. The van der Waals surface area contributed by atoms with Crippen LogP contribution < -0.4 is 11.6 Å². The molecule has 152 valence electrons. The monoisotopic (exact) mass is 381 g/mol. The van der Waals surface area contributed by atoms with E-state index >= 15 is 0 Å². The van der Waals surface area contributed by atoms with E-state index in [1.165, 1.54) is 11.1 Å². The van der Waals surface area contributed by atoms with Crippen molar-refractivity contribution in [3.63, 3.8) is 0 Å². The molecule has 0 spiro atoms. The van der Waals surface area contributed by atoms with Crippen LogP contribution in [0.25, 0.3) is 11.3 Å². The molecule has 3 rings (SSSR count). The highest BCUT2D eigenvalue weighted by Gasteiger charge is 2.05. The number of hydrogen-bond acceptors (Lipinski definition) is 3. The highest BCUT2D eigenvalue weighted by Crippen LogP contribution is 2.17. The second-order valence-corrected chi connectivity index (χ2v) is 6.40. The van der Waals surface area contributed by atoms with Crippen molar-refractivity contribution in [1.82, 2.24) is 9.78 Å². The first-order chi connectivity index (χ1) is 13.6. The van der Waals surface area contributed by atoms with E-state index in [0.29, 0.717) is 5.84 Å². The molecule has 0 radical (unpaired) electrons. The average Bonchev–Trinajstić information content (AvgIpc) is 3.10. The van der Waals surface area contributed by atoms with E-state index in [-0.39, 0.29) is 0 Å². The molecule has 0 amide bonds. The zero-order chi connectivity index (χ0) is 20.8. The summed E-state index contributed by atoms with van der Waals surface area (Å²) in [5, 5.41) is 7.96. The van der Waals surface area contributed by atoms with Gasteiger partial charge >= 0.3 is 0 Å². The summed E-state index contributed by atoms with van der Waals surface area (Å²) in [6, 6.07) is 12.3. The number of aromatic nitrogens is 2. The SMILES string of the molecule is CC.CC1=CC=C(/C(N)=N/N)CCC1.CCCn1ccc(-c2ccccc2)n1. The summed E-state index contributed by atoms with van der Waals surface area (Å²) in [7, 11) is 0. The van der Waals surface area contributed by atoms with E-state index in [0.717, 1.165) is 43.5 Å². The van der Waals surface area contributed by atoms with Crippen LogP contribution in [0.2, 0.25) is 0 Å². The number of amidine groups is 1. The fourth-order valence-corrected chi connectivity index (χ4v) is 2.74. The van der Waals surface area contributed by atoms with Gasteiger partial charge in [0.05, 0.1) is 5.69 Å². The Bertz CT molecular complexity index is 769. The Morgan fingerprint density at radius 1 is 1.11 bits per heavy atom. The van der Waals surface area contributed by atoms with Crippen molar-refractivity contribution >= 4 is 5.84 Å². The fraction of sp³-hybridized carbons (Fsp3) is 0.391.